The summed E-state index contributed by atoms with van der Waals surface area (Å²) in [5, 5.41) is 17.5. The predicted molar refractivity (Wildman–Crippen MR) is 106 cm³/mol. The second-order valence-electron chi connectivity index (χ2n) is 7.16. The molecule has 0 aliphatic carbocycles. The van der Waals surface area contributed by atoms with Gasteiger partial charge in [-0.25, -0.2) is 0 Å². The van der Waals surface area contributed by atoms with Crippen LogP contribution in [0.3, 0.4) is 0 Å². The Bertz CT molecular complexity index is 420. The molecule has 0 fully saturated rings. The third-order valence-electron chi connectivity index (χ3n) is 4.61. The van der Waals surface area contributed by atoms with E-state index in [0.717, 1.165) is 12.8 Å². The van der Waals surface area contributed by atoms with Crippen molar-refractivity contribution < 1.29 is 19.8 Å². The van der Waals surface area contributed by atoms with Crippen LogP contribution in [-0.2, 0) is 9.59 Å². The molecule has 0 heterocycles. The Labute approximate surface area is 159 Å². The molecule has 0 saturated heterocycles. The van der Waals surface area contributed by atoms with Crippen molar-refractivity contribution >= 4 is 11.9 Å². The van der Waals surface area contributed by atoms with E-state index in [4.69, 9.17) is 10.2 Å². The van der Waals surface area contributed by atoms with Crippen LogP contribution in [0.15, 0.2) is 0 Å². The summed E-state index contributed by atoms with van der Waals surface area (Å²) in [6, 6.07) is 0. The molecule has 0 saturated carbocycles. The van der Waals surface area contributed by atoms with Gasteiger partial charge in [0.1, 0.15) is 5.92 Å². The van der Waals surface area contributed by atoms with Crippen LogP contribution < -0.4 is 0 Å². The maximum absolute atomic E-state index is 10.9. The van der Waals surface area contributed by atoms with Gasteiger partial charge in [-0.3, -0.25) is 9.59 Å². The summed E-state index contributed by atoms with van der Waals surface area (Å²) in [5.41, 5.74) is 0. The van der Waals surface area contributed by atoms with Crippen LogP contribution in [0, 0.1) is 17.8 Å². The maximum Gasteiger partial charge on any atom is 0.319 e. The summed E-state index contributed by atoms with van der Waals surface area (Å²) in [6.07, 6.45) is 18.4. The summed E-state index contributed by atoms with van der Waals surface area (Å²) in [7, 11) is 0. The average Bonchev–Trinajstić information content (AvgIpc) is 2.59. The first kappa shape index (κ1) is 24.5. The molecule has 0 aliphatic rings. The van der Waals surface area contributed by atoms with Gasteiger partial charge in [-0.1, -0.05) is 96.3 Å². The Morgan fingerprint density at radius 2 is 1.15 bits per heavy atom. The van der Waals surface area contributed by atoms with E-state index in [9.17, 15) is 9.59 Å². The lowest BCUT2D eigenvalue weighted by Gasteiger charge is -2.02. The fraction of sp³-hybridized carbons (Fsp3) is 0.818. The summed E-state index contributed by atoms with van der Waals surface area (Å²) < 4.78 is 0. The molecule has 4 heteroatoms. The van der Waals surface area contributed by atoms with Crippen molar-refractivity contribution in [1.29, 1.82) is 0 Å². The van der Waals surface area contributed by atoms with Crippen molar-refractivity contribution in [3.63, 3.8) is 0 Å². The third kappa shape index (κ3) is 17.3. The minimum Gasteiger partial charge on any atom is -0.481 e. The molecule has 0 aromatic carbocycles. The highest BCUT2D eigenvalue weighted by atomic mass is 16.4. The van der Waals surface area contributed by atoms with Gasteiger partial charge in [0, 0.05) is 6.42 Å². The molecule has 0 spiro atoms. The molecular weight excluding hydrogens is 328 g/mol. The Morgan fingerprint density at radius 1 is 0.731 bits per heavy atom. The first-order chi connectivity index (χ1) is 12.6. The smallest absolute Gasteiger partial charge is 0.319 e. The monoisotopic (exact) mass is 366 g/mol. The number of carbonyl (C=O) groups is 2. The van der Waals surface area contributed by atoms with Crippen molar-refractivity contribution in [3.05, 3.63) is 0 Å². The van der Waals surface area contributed by atoms with Gasteiger partial charge in [0.05, 0.1) is 6.42 Å². The molecule has 0 aliphatic heterocycles. The molecule has 0 aromatic heterocycles. The normalized spacial score (nSPS) is 11.6. The molecule has 0 aromatic rings. The van der Waals surface area contributed by atoms with Crippen molar-refractivity contribution in [3.8, 4) is 11.8 Å². The van der Waals surface area contributed by atoms with Gasteiger partial charge in [0.25, 0.3) is 0 Å². The standard InChI is InChI=1S/C22H38O4/c1-2-3-4-5-6-7-8-9-10-11-12-13-14-15-16-17-18-20(22(25)26)19-21(23)24/h20H,2-16,19H2,1H3,(H,23,24)(H,25,26). The number of hydrogen-bond acceptors (Lipinski definition) is 2. The molecule has 0 rings (SSSR count). The number of unbranched alkanes of at least 4 members (excludes halogenated alkanes) is 14. The largest absolute Gasteiger partial charge is 0.481 e. The SMILES string of the molecule is CCCCCCCCCCCCCCCCC#CC(CC(=O)O)C(=O)O. The van der Waals surface area contributed by atoms with E-state index < -0.39 is 24.3 Å². The van der Waals surface area contributed by atoms with E-state index in [1.165, 1.54) is 77.0 Å². The van der Waals surface area contributed by atoms with Gasteiger partial charge >= 0.3 is 11.9 Å². The van der Waals surface area contributed by atoms with E-state index in [0.29, 0.717) is 6.42 Å². The topological polar surface area (TPSA) is 74.6 Å². The molecular formula is C22H38O4. The first-order valence-electron chi connectivity index (χ1n) is 10.5. The summed E-state index contributed by atoms with van der Waals surface area (Å²) in [6.45, 7) is 2.25. The Hall–Kier alpha value is -1.50. The van der Waals surface area contributed by atoms with Crippen LogP contribution in [0.2, 0.25) is 0 Å². The van der Waals surface area contributed by atoms with Crippen LogP contribution >= 0.6 is 0 Å². The van der Waals surface area contributed by atoms with Gasteiger partial charge in [0.2, 0.25) is 0 Å². The molecule has 0 radical (unpaired) electrons. The van der Waals surface area contributed by atoms with E-state index >= 15 is 0 Å². The van der Waals surface area contributed by atoms with E-state index in [1.807, 2.05) is 0 Å². The number of rotatable bonds is 17. The Kier molecular flexibility index (Phi) is 17.2. The lowest BCUT2D eigenvalue weighted by atomic mass is 10.0. The number of carboxylic acids is 2. The van der Waals surface area contributed by atoms with Crippen LogP contribution in [0.5, 0.6) is 0 Å². The van der Waals surface area contributed by atoms with Crippen LogP contribution in [0.25, 0.3) is 0 Å². The van der Waals surface area contributed by atoms with E-state index in [-0.39, 0.29) is 0 Å². The number of carboxylic acid groups (broad SMARTS) is 2. The Morgan fingerprint density at radius 3 is 1.54 bits per heavy atom. The van der Waals surface area contributed by atoms with Crippen molar-refractivity contribution in [2.75, 3.05) is 0 Å². The number of aliphatic carboxylic acids is 2. The minimum atomic E-state index is -1.15. The molecule has 2 N–H and O–H groups in total. The van der Waals surface area contributed by atoms with Crippen LogP contribution in [0.1, 0.15) is 110 Å². The highest BCUT2D eigenvalue weighted by Crippen LogP contribution is 2.13. The molecule has 1 unspecified atom stereocenters. The lowest BCUT2D eigenvalue weighted by molar-refractivity contribution is -0.146. The van der Waals surface area contributed by atoms with E-state index in [1.54, 1.807) is 0 Å². The second kappa shape index (κ2) is 18.3. The zero-order valence-corrected chi connectivity index (χ0v) is 16.6. The maximum atomic E-state index is 10.9. The fourth-order valence-electron chi connectivity index (χ4n) is 2.98. The van der Waals surface area contributed by atoms with Gasteiger partial charge < -0.3 is 10.2 Å². The van der Waals surface area contributed by atoms with E-state index in [2.05, 4.69) is 18.8 Å². The molecule has 1 atom stereocenters. The fourth-order valence-corrected chi connectivity index (χ4v) is 2.98. The van der Waals surface area contributed by atoms with Gasteiger partial charge in [-0.15, -0.1) is 5.92 Å². The summed E-state index contributed by atoms with van der Waals surface area (Å²) in [5.74, 6) is 2.03. The quantitative estimate of drug-likeness (QED) is 0.243. The lowest BCUT2D eigenvalue weighted by Crippen LogP contribution is -2.15. The highest BCUT2D eigenvalue weighted by Gasteiger charge is 2.17. The predicted octanol–water partition coefficient (Wildman–Crippen LogP) is 6.04. The average molecular weight is 367 g/mol. The van der Waals surface area contributed by atoms with Crippen molar-refractivity contribution in [1.82, 2.24) is 0 Å². The molecule has 0 bridgehead atoms. The highest BCUT2D eigenvalue weighted by molar-refractivity contribution is 5.80. The molecule has 4 nitrogen and oxygen atoms in total. The third-order valence-corrected chi connectivity index (χ3v) is 4.61. The first-order valence-corrected chi connectivity index (χ1v) is 10.5. The molecule has 150 valence electrons. The van der Waals surface area contributed by atoms with Gasteiger partial charge in [-0.05, 0) is 6.42 Å². The van der Waals surface area contributed by atoms with Gasteiger partial charge in [-0.2, -0.15) is 0 Å². The van der Waals surface area contributed by atoms with Crippen molar-refractivity contribution in [2.45, 2.75) is 110 Å². The minimum absolute atomic E-state index is 0.429. The Balaban J connectivity index is 3.40. The summed E-state index contributed by atoms with van der Waals surface area (Å²) >= 11 is 0. The zero-order chi connectivity index (χ0) is 19.5. The zero-order valence-electron chi connectivity index (χ0n) is 16.6. The van der Waals surface area contributed by atoms with Gasteiger partial charge in [0.15, 0.2) is 0 Å². The second-order valence-corrected chi connectivity index (χ2v) is 7.16. The van der Waals surface area contributed by atoms with Crippen LogP contribution in [-0.4, -0.2) is 22.2 Å². The molecule has 0 amide bonds. The van der Waals surface area contributed by atoms with Crippen molar-refractivity contribution in [2.24, 2.45) is 5.92 Å². The molecule has 26 heavy (non-hydrogen) atoms. The summed E-state index contributed by atoms with van der Waals surface area (Å²) in [4.78, 5) is 21.4. The number of hydrogen-bond donors (Lipinski definition) is 2. The van der Waals surface area contributed by atoms with Crippen LogP contribution in [0.4, 0.5) is 0 Å².